The highest BCUT2D eigenvalue weighted by Crippen LogP contribution is 2.32. The zero-order valence-corrected chi connectivity index (χ0v) is 28.7. The van der Waals surface area contributed by atoms with E-state index in [2.05, 4.69) is 46.7 Å². The summed E-state index contributed by atoms with van der Waals surface area (Å²) in [6, 6.07) is 4.75. The molecular weight excluding hydrogens is 601 g/mol. The molecule has 4 rings (SSSR count). The third-order valence-corrected chi connectivity index (χ3v) is 9.89. The van der Waals surface area contributed by atoms with Gasteiger partial charge in [-0.05, 0) is 69.2 Å². The zero-order chi connectivity index (χ0) is 34.2. The Morgan fingerprint density at radius 1 is 0.957 bits per heavy atom. The van der Waals surface area contributed by atoms with E-state index in [9.17, 15) is 19.2 Å². The number of aromatic nitrogens is 2. The van der Waals surface area contributed by atoms with E-state index >= 15 is 4.39 Å². The molecule has 1 saturated heterocycles. The summed E-state index contributed by atoms with van der Waals surface area (Å²) in [4.78, 5) is 57.2. The van der Waals surface area contributed by atoms with Crippen LogP contribution in [0.15, 0.2) is 30.5 Å². The topological polar surface area (TPSA) is 129 Å². The van der Waals surface area contributed by atoms with Gasteiger partial charge in [-0.15, -0.1) is 0 Å². The minimum Gasteiger partial charge on any atom is -0.344 e. The number of benzene rings is 1. The predicted molar refractivity (Wildman–Crippen MR) is 179 cm³/mol. The van der Waals surface area contributed by atoms with Gasteiger partial charge in [0.05, 0.1) is 5.69 Å². The van der Waals surface area contributed by atoms with Crippen molar-refractivity contribution >= 4 is 29.3 Å². The van der Waals surface area contributed by atoms with Crippen molar-refractivity contribution in [1.29, 1.82) is 0 Å². The molecular formula is C35H52FN7O4. The van der Waals surface area contributed by atoms with Gasteiger partial charge in [0.2, 0.25) is 17.7 Å². The van der Waals surface area contributed by atoms with E-state index < -0.39 is 35.6 Å². The largest absolute Gasteiger partial charge is 0.344 e. The smallest absolute Gasteiger partial charge is 0.270 e. The van der Waals surface area contributed by atoms with Gasteiger partial charge in [0.15, 0.2) is 0 Å². The number of hydrogen-bond donors (Lipinski definition) is 3. The number of nitrogens with one attached hydrogen (secondary N) is 3. The molecule has 2 aliphatic rings. The second-order valence-electron chi connectivity index (χ2n) is 13.4. The number of anilines is 1. The van der Waals surface area contributed by atoms with Crippen molar-refractivity contribution < 1.29 is 23.6 Å². The lowest BCUT2D eigenvalue weighted by Gasteiger charge is -2.39. The first-order valence-electron chi connectivity index (χ1n) is 17.2. The van der Waals surface area contributed by atoms with Crippen LogP contribution in [0, 0.1) is 17.7 Å². The highest BCUT2D eigenvalue weighted by atomic mass is 19.1. The summed E-state index contributed by atoms with van der Waals surface area (Å²) >= 11 is 0. The lowest BCUT2D eigenvalue weighted by molar-refractivity contribution is -0.138. The number of rotatable bonds is 12. The number of aryl methyl sites for hydroxylation is 1. The van der Waals surface area contributed by atoms with Crippen molar-refractivity contribution in [2.45, 2.75) is 104 Å². The van der Waals surface area contributed by atoms with Gasteiger partial charge < -0.3 is 20.9 Å². The first-order valence-corrected chi connectivity index (χ1v) is 17.2. The minimum atomic E-state index is -0.863. The molecule has 11 nitrogen and oxygen atoms in total. The van der Waals surface area contributed by atoms with Crippen LogP contribution in [-0.2, 0) is 20.9 Å². The predicted octanol–water partition coefficient (Wildman–Crippen LogP) is 4.16. The van der Waals surface area contributed by atoms with E-state index in [0.29, 0.717) is 42.9 Å². The zero-order valence-electron chi connectivity index (χ0n) is 28.7. The number of hydrogen-bond acceptors (Lipinski definition) is 6. The Hall–Kier alpha value is -3.80. The number of halogens is 1. The van der Waals surface area contributed by atoms with Crippen LogP contribution in [0.1, 0.15) is 95.6 Å². The normalized spacial score (nSPS) is 20.7. The van der Waals surface area contributed by atoms with Crippen LogP contribution in [0.5, 0.6) is 0 Å². The Morgan fingerprint density at radius 3 is 2.23 bits per heavy atom. The van der Waals surface area contributed by atoms with E-state index in [1.54, 1.807) is 41.8 Å². The van der Waals surface area contributed by atoms with Crippen LogP contribution in [0.25, 0.3) is 0 Å². The molecule has 1 unspecified atom stereocenters. The fraction of sp³-hybridized carbons (Fsp3) is 0.629. The monoisotopic (exact) mass is 653 g/mol. The highest BCUT2D eigenvalue weighted by Gasteiger charge is 2.35. The summed E-state index contributed by atoms with van der Waals surface area (Å²) in [5.74, 6) is -2.06. The molecule has 0 spiro atoms. The van der Waals surface area contributed by atoms with Crippen LogP contribution < -0.4 is 16.0 Å². The standard InChI is InChI=1S/C35H52FN7O4/c1-7-30(44)39-31(35(47)42-19-17-41(18-20-42)22(3)4)24(6)26-13-14-28(27(36)21-26)38-34(46)32(25-11-9-23(5)10-12-25)40-33(45)29-15-16-37-43(29)8-2/h13-16,21-25,31-32H,7-12,17-20H2,1-6H3,(H,38,46)(H,39,44)(H,40,45)/t23-,24-,25-,31?,32-/m0/s1. The van der Waals surface area contributed by atoms with Gasteiger partial charge >= 0.3 is 0 Å². The first-order chi connectivity index (χ1) is 22.4. The van der Waals surface area contributed by atoms with Crippen molar-refractivity contribution in [3.05, 3.63) is 47.5 Å². The molecule has 1 aromatic heterocycles. The van der Waals surface area contributed by atoms with E-state index in [1.165, 1.54) is 12.1 Å². The van der Waals surface area contributed by atoms with E-state index in [1.807, 2.05) is 6.92 Å². The second kappa shape index (κ2) is 16.3. The molecule has 0 radical (unpaired) electrons. The summed E-state index contributed by atoms with van der Waals surface area (Å²) in [6.07, 6.45) is 5.20. The van der Waals surface area contributed by atoms with Gasteiger partial charge in [-0.1, -0.05) is 39.7 Å². The molecule has 4 amide bonds. The average molecular weight is 654 g/mol. The van der Waals surface area contributed by atoms with E-state index in [4.69, 9.17) is 0 Å². The Kier molecular flexibility index (Phi) is 12.5. The van der Waals surface area contributed by atoms with Crippen molar-refractivity contribution in [1.82, 2.24) is 30.2 Å². The third kappa shape index (κ3) is 8.97. The van der Waals surface area contributed by atoms with Gasteiger partial charge in [-0.2, -0.15) is 5.10 Å². The van der Waals surface area contributed by atoms with Crippen molar-refractivity contribution in [2.24, 2.45) is 11.8 Å². The maximum absolute atomic E-state index is 15.7. The van der Waals surface area contributed by atoms with E-state index in [-0.39, 0.29) is 29.8 Å². The Bertz CT molecular complexity index is 1400. The molecule has 47 heavy (non-hydrogen) atoms. The molecule has 1 aliphatic heterocycles. The molecule has 12 heteroatoms. The minimum absolute atomic E-state index is 0.0155. The van der Waals surface area contributed by atoms with Crippen molar-refractivity contribution in [3.8, 4) is 0 Å². The molecule has 1 aromatic carbocycles. The number of carbonyl (C=O) groups is 4. The lowest BCUT2D eigenvalue weighted by Crippen LogP contribution is -2.57. The quantitative estimate of drug-likeness (QED) is 0.316. The highest BCUT2D eigenvalue weighted by molar-refractivity contribution is 6.00. The summed E-state index contributed by atoms with van der Waals surface area (Å²) < 4.78 is 17.2. The molecule has 2 fully saturated rings. The number of carbonyl (C=O) groups excluding carboxylic acids is 4. The maximum atomic E-state index is 15.7. The second-order valence-corrected chi connectivity index (χ2v) is 13.4. The molecule has 2 heterocycles. The van der Waals surface area contributed by atoms with Crippen molar-refractivity contribution in [3.63, 3.8) is 0 Å². The van der Waals surface area contributed by atoms with E-state index in [0.717, 1.165) is 38.8 Å². The molecule has 258 valence electrons. The van der Waals surface area contributed by atoms with Crippen LogP contribution in [0.2, 0.25) is 0 Å². The fourth-order valence-corrected chi connectivity index (χ4v) is 6.66. The SMILES string of the molecule is CCC(=O)NC(C(=O)N1CCN(C(C)C)CC1)[C@@H](C)c1ccc(NC(=O)[C@@H](NC(=O)c2ccnn2CC)[C@H]2CC[C@H](C)CC2)c(F)c1. The number of piperazine rings is 1. The third-order valence-electron chi connectivity index (χ3n) is 9.89. The summed E-state index contributed by atoms with van der Waals surface area (Å²) in [7, 11) is 0. The van der Waals surface area contributed by atoms with Crippen LogP contribution in [0.4, 0.5) is 10.1 Å². The molecule has 1 saturated carbocycles. The van der Waals surface area contributed by atoms with Gasteiger partial charge in [-0.3, -0.25) is 28.8 Å². The van der Waals surface area contributed by atoms with Crippen molar-refractivity contribution in [2.75, 3.05) is 31.5 Å². The summed E-state index contributed by atoms with van der Waals surface area (Å²) in [5.41, 5.74) is 0.869. The lowest BCUT2D eigenvalue weighted by atomic mass is 9.79. The van der Waals surface area contributed by atoms with Gasteiger partial charge in [0.25, 0.3) is 5.91 Å². The van der Waals surface area contributed by atoms with Crippen LogP contribution >= 0.6 is 0 Å². The molecule has 1 aliphatic carbocycles. The summed E-state index contributed by atoms with van der Waals surface area (Å²) in [6.45, 7) is 15.0. The summed E-state index contributed by atoms with van der Waals surface area (Å²) in [5, 5.41) is 12.7. The van der Waals surface area contributed by atoms with Crippen LogP contribution in [0.3, 0.4) is 0 Å². The Labute approximate surface area is 278 Å². The van der Waals surface area contributed by atoms with Gasteiger partial charge in [0.1, 0.15) is 23.6 Å². The Morgan fingerprint density at radius 2 is 1.64 bits per heavy atom. The maximum Gasteiger partial charge on any atom is 0.270 e. The molecule has 2 aromatic rings. The molecule has 3 N–H and O–H groups in total. The first kappa shape index (κ1) is 36.0. The van der Waals surface area contributed by atoms with Gasteiger partial charge in [-0.25, -0.2) is 4.39 Å². The van der Waals surface area contributed by atoms with Gasteiger partial charge in [0, 0.05) is 57.3 Å². The number of amides is 4. The van der Waals surface area contributed by atoms with Crippen LogP contribution in [-0.4, -0.2) is 87.5 Å². The molecule has 0 bridgehead atoms. The molecule has 3 atom stereocenters. The number of nitrogens with zero attached hydrogens (tertiary/aromatic N) is 4. The Balaban J connectivity index is 1.51. The fourth-order valence-electron chi connectivity index (χ4n) is 6.66. The average Bonchev–Trinajstić information content (AvgIpc) is 3.56.